The maximum absolute atomic E-state index is 13.2. The molecule has 0 aliphatic carbocycles. The number of amides is 1. The van der Waals surface area contributed by atoms with E-state index in [1.165, 1.54) is 37.8 Å². The summed E-state index contributed by atoms with van der Waals surface area (Å²) in [6.07, 6.45) is 7.37. The van der Waals surface area contributed by atoms with Gasteiger partial charge in [0.1, 0.15) is 5.82 Å². The topological polar surface area (TPSA) is 43.8 Å². The molecule has 1 aromatic rings. The van der Waals surface area contributed by atoms with Gasteiger partial charge in [-0.15, -0.1) is 0 Å². The van der Waals surface area contributed by atoms with Crippen molar-refractivity contribution < 1.29 is 14.3 Å². The number of halogens is 1. The number of carbonyl (C=O) groups excluding carboxylic acids is 1. The van der Waals surface area contributed by atoms with Crippen molar-refractivity contribution >= 4 is 5.91 Å². The Labute approximate surface area is 156 Å². The molecule has 4 nitrogen and oxygen atoms in total. The van der Waals surface area contributed by atoms with E-state index in [0.717, 1.165) is 38.0 Å². The van der Waals surface area contributed by atoms with Crippen molar-refractivity contribution in [3.8, 4) is 0 Å². The summed E-state index contributed by atoms with van der Waals surface area (Å²) in [6.45, 7) is 3.95. The van der Waals surface area contributed by atoms with Crippen molar-refractivity contribution in [3.05, 3.63) is 35.6 Å². The fourth-order valence-electron chi connectivity index (χ4n) is 4.37. The summed E-state index contributed by atoms with van der Waals surface area (Å²) < 4.78 is 13.2. The lowest BCUT2D eigenvalue weighted by atomic mass is 9.75. The minimum atomic E-state index is -0.315. The van der Waals surface area contributed by atoms with Crippen molar-refractivity contribution in [3.63, 3.8) is 0 Å². The number of carbonyl (C=O) groups is 1. The normalized spacial score (nSPS) is 25.1. The molecule has 0 spiro atoms. The summed E-state index contributed by atoms with van der Waals surface area (Å²) in [5, 5.41) is 10.1. The summed E-state index contributed by atoms with van der Waals surface area (Å²) in [6, 6.07) is 6.49. The van der Waals surface area contributed by atoms with Crippen LogP contribution in [-0.4, -0.2) is 60.1 Å². The first-order chi connectivity index (χ1) is 12.6. The van der Waals surface area contributed by atoms with Crippen LogP contribution < -0.4 is 0 Å². The first-order valence-corrected chi connectivity index (χ1v) is 9.96. The largest absolute Gasteiger partial charge is 0.396 e. The molecule has 0 bridgehead atoms. The van der Waals surface area contributed by atoms with Crippen LogP contribution in [0, 0.1) is 11.2 Å². The van der Waals surface area contributed by atoms with Gasteiger partial charge in [0.2, 0.25) is 5.91 Å². The number of hydrogen-bond acceptors (Lipinski definition) is 3. The van der Waals surface area contributed by atoms with Gasteiger partial charge in [-0.2, -0.15) is 0 Å². The zero-order chi connectivity index (χ0) is 18.4. The second kappa shape index (κ2) is 8.96. The number of nitrogens with zero attached hydrogens (tertiary/aromatic N) is 2. The Hall–Kier alpha value is -1.46. The molecular weight excluding hydrogens is 331 g/mol. The predicted molar refractivity (Wildman–Crippen MR) is 100 cm³/mol. The quantitative estimate of drug-likeness (QED) is 0.876. The monoisotopic (exact) mass is 362 g/mol. The Morgan fingerprint density at radius 3 is 2.38 bits per heavy atom. The second-order valence-electron chi connectivity index (χ2n) is 8.07. The lowest BCUT2D eigenvalue weighted by Gasteiger charge is -2.42. The van der Waals surface area contributed by atoms with Crippen LogP contribution in [0.2, 0.25) is 0 Å². The number of rotatable bonds is 5. The molecule has 1 atom stereocenters. The van der Waals surface area contributed by atoms with Crippen LogP contribution in [0.4, 0.5) is 4.39 Å². The van der Waals surface area contributed by atoms with Gasteiger partial charge in [0, 0.05) is 18.5 Å². The molecule has 2 aliphatic heterocycles. The summed E-state index contributed by atoms with van der Waals surface area (Å²) in [5.74, 6) is -0.0618. The van der Waals surface area contributed by atoms with Gasteiger partial charge in [-0.1, -0.05) is 25.0 Å². The molecule has 26 heavy (non-hydrogen) atoms. The van der Waals surface area contributed by atoms with Gasteiger partial charge in [0.05, 0.1) is 13.2 Å². The van der Waals surface area contributed by atoms with Crippen LogP contribution in [0.1, 0.15) is 44.1 Å². The first-order valence-electron chi connectivity index (χ1n) is 9.96. The molecule has 2 heterocycles. The van der Waals surface area contributed by atoms with Crippen LogP contribution in [-0.2, 0) is 11.2 Å². The summed E-state index contributed by atoms with van der Waals surface area (Å²) >= 11 is 0. The van der Waals surface area contributed by atoms with Gasteiger partial charge in [-0.25, -0.2) is 4.39 Å². The number of aliphatic hydroxyl groups excluding tert-OH is 1. The highest BCUT2D eigenvalue weighted by atomic mass is 19.1. The van der Waals surface area contributed by atoms with Crippen molar-refractivity contribution in [1.82, 2.24) is 9.80 Å². The molecule has 2 saturated heterocycles. The zero-order valence-corrected chi connectivity index (χ0v) is 15.6. The van der Waals surface area contributed by atoms with Crippen molar-refractivity contribution in [2.75, 3.05) is 39.3 Å². The predicted octanol–water partition coefficient (Wildman–Crippen LogP) is 2.85. The summed E-state index contributed by atoms with van der Waals surface area (Å²) in [7, 11) is 0. The molecule has 1 aromatic carbocycles. The molecule has 0 saturated carbocycles. The summed E-state index contributed by atoms with van der Waals surface area (Å²) in [4.78, 5) is 17.1. The van der Waals surface area contributed by atoms with Crippen LogP contribution in [0.3, 0.4) is 0 Å². The molecule has 2 aliphatic rings. The number of likely N-dealkylation sites (tertiary alicyclic amines) is 2. The Kier molecular flexibility index (Phi) is 6.65. The van der Waals surface area contributed by atoms with Crippen LogP contribution in [0.15, 0.2) is 24.3 Å². The van der Waals surface area contributed by atoms with Gasteiger partial charge >= 0.3 is 0 Å². The molecular formula is C21H31FN2O2. The standard InChI is InChI=1S/C21H31FN2O2/c22-19-8-6-18(7-9-19)14-21(17-25)10-5-13-24(16-21)20(26)15-23-11-3-1-2-4-12-23/h6-9,25H,1-5,10-17H2/t21-/m0/s1. The van der Waals surface area contributed by atoms with E-state index in [1.54, 1.807) is 12.1 Å². The lowest BCUT2D eigenvalue weighted by Crippen LogP contribution is -2.51. The van der Waals surface area contributed by atoms with Gasteiger partial charge in [0.25, 0.3) is 0 Å². The van der Waals surface area contributed by atoms with Gasteiger partial charge in [0.15, 0.2) is 0 Å². The fraction of sp³-hybridized carbons (Fsp3) is 0.667. The van der Waals surface area contributed by atoms with Gasteiger partial charge in [-0.05, 0) is 62.9 Å². The number of aliphatic hydroxyl groups is 1. The second-order valence-corrected chi connectivity index (χ2v) is 8.07. The van der Waals surface area contributed by atoms with E-state index >= 15 is 0 Å². The van der Waals surface area contributed by atoms with Crippen LogP contribution >= 0.6 is 0 Å². The molecule has 0 aromatic heterocycles. The lowest BCUT2D eigenvalue weighted by molar-refractivity contribution is -0.136. The minimum Gasteiger partial charge on any atom is -0.396 e. The number of benzene rings is 1. The Morgan fingerprint density at radius 1 is 1.04 bits per heavy atom. The van der Waals surface area contributed by atoms with Crippen LogP contribution in [0.25, 0.3) is 0 Å². The highest BCUT2D eigenvalue weighted by Crippen LogP contribution is 2.33. The Morgan fingerprint density at radius 2 is 1.73 bits per heavy atom. The molecule has 144 valence electrons. The average molecular weight is 362 g/mol. The molecule has 5 heteroatoms. The van der Waals surface area contributed by atoms with Gasteiger partial charge in [-0.3, -0.25) is 9.69 Å². The average Bonchev–Trinajstić information content (AvgIpc) is 2.92. The minimum absolute atomic E-state index is 0.0534. The maximum Gasteiger partial charge on any atom is 0.236 e. The molecule has 2 fully saturated rings. The van der Waals surface area contributed by atoms with E-state index in [4.69, 9.17) is 0 Å². The fourth-order valence-corrected chi connectivity index (χ4v) is 4.37. The SMILES string of the molecule is O=C(CN1CCCCCC1)N1CCC[C@](CO)(Cc2ccc(F)cc2)C1. The molecule has 1 amide bonds. The highest BCUT2D eigenvalue weighted by molar-refractivity contribution is 5.78. The molecule has 0 radical (unpaired) electrons. The molecule has 0 unspecified atom stereocenters. The van der Waals surface area contributed by atoms with Crippen molar-refractivity contribution in [2.24, 2.45) is 5.41 Å². The molecule has 1 N–H and O–H groups in total. The van der Waals surface area contributed by atoms with Crippen molar-refractivity contribution in [1.29, 1.82) is 0 Å². The smallest absolute Gasteiger partial charge is 0.236 e. The van der Waals surface area contributed by atoms with E-state index in [-0.39, 0.29) is 23.7 Å². The highest BCUT2D eigenvalue weighted by Gasteiger charge is 2.37. The van der Waals surface area contributed by atoms with E-state index in [0.29, 0.717) is 19.5 Å². The van der Waals surface area contributed by atoms with E-state index in [1.807, 2.05) is 4.90 Å². The molecule has 3 rings (SSSR count). The summed E-state index contributed by atoms with van der Waals surface area (Å²) in [5.41, 5.74) is 0.701. The third kappa shape index (κ3) is 5.04. The third-order valence-corrected chi connectivity index (χ3v) is 5.90. The van der Waals surface area contributed by atoms with E-state index in [2.05, 4.69) is 4.90 Å². The van der Waals surface area contributed by atoms with Crippen molar-refractivity contribution in [2.45, 2.75) is 44.9 Å². The number of hydrogen-bond donors (Lipinski definition) is 1. The Bertz CT molecular complexity index is 584. The van der Waals surface area contributed by atoms with Gasteiger partial charge < -0.3 is 10.0 Å². The number of piperidine rings is 1. The third-order valence-electron chi connectivity index (χ3n) is 5.90. The first kappa shape index (κ1) is 19.3. The zero-order valence-electron chi connectivity index (χ0n) is 15.6. The Balaban J connectivity index is 1.62. The van der Waals surface area contributed by atoms with Crippen LogP contribution in [0.5, 0.6) is 0 Å². The van der Waals surface area contributed by atoms with E-state index in [9.17, 15) is 14.3 Å². The van der Waals surface area contributed by atoms with E-state index < -0.39 is 0 Å². The maximum atomic E-state index is 13.2.